The van der Waals surface area contributed by atoms with Crippen molar-refractivity contribution in [3.8, 4) is 11.1 Å². The predicted octanol–water partition coefficient (Wildman–Crippen LogP) is 13.8. The molecule has 0 saturated heterocycles. The number of rotatable bonds is 4. The van der Waals surface area contributed by atoms with Crippen molar-refractivity contribution in [2.24, 2.45) is 0 Å². The first kappa shape index (κ1) is 27.2. The number of anilines is 3. The lowest BCUT2D eigenvalue weighted by atomic mass is 9.96. The van der Waals surface area contributed by atoms with Gasteiger partial charge >= 0.3 is 0 Å². The lowest BCUT2D eigenvalue weighted by Crippen LogP contribution is -2.10. The Balaban J connectivity index is 1.23. The molecule has 48 heavy (non-hydrogen) atoms. The highest BCUT2D eigenvalue weighted by Crippen LogP contribution is 2.43. The Morgan fingerprint density at radius 3 is 1.85 bits per heavy atom. The first-order chi connectivity index (χ1) is 23.8. The highest BCUT2D eigenvalue weighted by atomic mass is 32.1. The Hall–Kier alpha value is -5.96. The van der Waals surface area contributed by atoms with Crippen LogP contribution in [-0.4, -0.2) is 0 Å². The van der Waals surface area contributed by atoms with Crippen molar-refractivity contribution in [3.05, 3.63) is 176 Å². The van der Waals surface area contributed by atoms with E-state index in [1.54, 1.807) is 0 Å². The molecule has 9 aromatic carbocycles. The number of nitrogens with zero attached hydrogens (tertiary/aromatic N) is 1. The van der Waals surface area contributed by atoms with Gasteiger partial charge in [-0.1, -0.05) is 127 Å². The molecule has 0 radical (unpaired) electrons. The topological polar surface area (TPSA) is 3.24 Å². The molecule has 0 saturated carbocycles. The smallest absolute Gasteiger partial charge is 0.0468 e. The molecule has 1 heterocycles. The van der Waals surface area contributed by atoms with E-state index in [4.69, 9.17) is 0 Å². The van der Waals surface area contributed by atoms with E-state index in [0.29, 0.717) is 0 Å². The summed E-state index contributed by atoms with van der Waals surface area (Å²) < 4.78 is 2.65. The number of benzene rings is 9. The fraction of sp³-hybridized carbons (Fsp3) is 0. The molecule has 1 aromatic heterocycles. The second kappa shape index (κ2) is 10.8. The van der Waals surface area contributed by atoms with Crippen molar-refractivity contribution < 1.29 is 0 Å². The summed E-state index contributed by atoms with van der Waals surface area (Å²) >= 11 is 1.87. The van der Waals surface area contributed by atoms with Crippen LogP contribution in [0.1, 0.15) is 0 Å². The molecule has 0 fully saturated rings. The molecule has 0 aliphatic heterocycles. The van der Waals surface area contributed by atoms with E-state index >= 15 is 0 Å². The zero-order valence-electron chi connectivity index (χ0n) is 26.1. The third-order valence-corrected chi connectivity index (χ3v) is 10.9. The fourth-order valence-electron chi connectivity index (χ4n) is 7.53. The van der Waals surface area contributed by atoms with Crippen molar-refractivity contribution in [3.63, 3.8) is 0 Å². The Morgan fingerprint density at radius 2 is 0.938 bits per heavy atom. The molecule has 10 rings (SSSR count). The first-order valence-electron chi connectivity index (χ1n) is 16.4. The fourth-order valence-corrected chi connectivity index (χ4v) is 8.66. The first-order valence-corrected chi connectivity index (χ1v) is 17.2. The molecule has 0 unspecified atom stereocenters. The molecule has 0 N–H and O–H groups in total. The van der Waals surface area contributed by atoms with Crippen LogP contribution in [0.4, 0.5) is 17.1 Å². The molecule has 0 aliphatic carbocycles. The zero-order chi connectivity index (χ0) is 31.6. The lowest BCUT2D eigenvalue weighted by molar-refractivity contribution is 1.30. The van der Waals surface area contributed by atoms with Crippen LogP contribution in [0, 0.1) is 0 Å². The summed E-state index contributed by atoms with van der Waals surface area (Å²) in [5.41, 5.74) is 5.81. The van der Waals surface area contributed by atoms with E-state index in [1.807, 2.05) is 11.3 Å². The summed E-state index contributed by atoms with van der Waals surface area (Å²) in [6.45, 7) is 0. The van der Waals surface area contributed by atoms with E-state index < -0.39 is 0 Å². The van der Waals surface area contributed by atoms with Crippen molar-refractivity contribution in [1.82, 2.24) is 0 Å². The molecule has 0 spiro atoms. The average molecular weight is 628 g/mol. The minimum atomic E-state index is 1.13. The van der Waals surface area contributed by atoms with Gasteiger partial charge in [-0.15, -0.1) is 11.3 Å². The average Bonchev–Trinajstić information content (AvgIpc) is 3.54. The van der Waals surface area contributed by atoms with E-state index in [1.165, 1.54) is 74.4 Å². The quantitative estimate of drug-likeness (QED) is 0.176. The minimum absolute atomic E-state index is 1.13. The highest BCUT2D eigenvalue weighted by Gasteiger charge is 2.17. The van der Waals surface area contributed by atoms with Crippen LogP contribution < -0.4 is 4.90 Å². The summed E-state index contributed by atoms with van der Waals surface area (Å²) in [7, 11) is 0. The van der Waals surface area contributed by atoms with Crippen LogP contribution in [0.5, 0.6) is 0 Å². The molecule has 2 heteroatoms. The SMILES string of the molecule is c1ccc(-c2cccc(N(c3ccc4c(ccc5ccc6ccccc6c54)c3)c3ccc4ccc5sc6ccccc6c5c4c3)c2)cc1. The Bertz CT molecular complexity index is 2850. The van der Waals surface area contributed by atoms with E-state index in [-0.39, 0.29) is 0 Å². The van der Waals surface area contributed by atoms with Crippen molar-refractivity contribution in [2.45, 2.75) is 0 Å². The van der Waals surface area contributed by atoms with Crippen molar-refractivity contribution >= 4 is 91.7 Å². The molecule has 1 nitrogen and oxygen atoms in total. The van der Waals surface area contributed by atoms with Crippen molar-refractivity contribution in [2.75, 3.05) is 4.90 Å². The maximum Gasteiger partial charge on any atom is 0.0468 e. The second-order valence-corrected chi connectivity index (χ2v) is 13.6. The van der Waals surface area contributed by atoms with Gasteiger partial charge in [-0.05, 0) is 103 Å². The molecule has 0 aliphatic rings. The maximum absolute atomic E-state index is 2.42. The van der Waals surface area contributed by atoms with Gasteiger partial charge in [-0.25, -0.2) is 0 Å². The van der Waals surface area contributed by atoms with Gasteiger partial charge in [0.15, 0.2) is 0 Å². The molecule has 0 bridgehead atoms. The third-order valence-electron chi connectivity index (χ3n) is 9.78. The van der Waals surface area contributed by atoms with Crippen LogP contribution in [-0.2, 0) is 0 Å². The summed E-state index contributed by atoms with van der Waals surface area (Å²) in [4.78, 5) is 2.42. The molecular weight excluding hydrogens is 599 g/mol. The van der Waals surface area contributed by atoms with Crippen LogP contribution in [0.15, 0.2) is 176 Å². The Kier molecular flexibility index (Phi) is 6.12. The number of hydrogen-bond donors (Lipinski definition) is 0. The van der Waals surface area contributed by atoms with Crippen LogP contribution in [0.2, 0.25) is 0 Å². The normalized spacial score (nSPS) is 11.8. The number of fused-ring (bicyclic) bond motifs is 10. The van der Waals surface area contributed by atoms with E-state index in [0.717, 1.165) is 17.1 Å². The van der Waals surface area contributed by atoms with E-state index in [9.17, 15) is 0 Å². The number of hydrogen-bond acceptors (Lipinski definition) is 2. The van der Waals surface area contributed by atoms with E-state index in [2.05, 4.69) is 181 Å². The van der Waals surface area contributed by atoms with Gasteiger partial charge in [0.25, 0.3) is 0 Å². The zero-order valence-corrected chi connectivity index (χ0v) is 26.9. The minimum Gasteiger partial charge on any atom is -0.310 e. The maximum atomic E-state index is 2.42. The molecule has 10 aromatic rings. The standard InChI is InChI=1S/C46H29NS/c1-2-9-30(10-3-1)34-12-8-13-36(27-34)47(38-23-21-32-22-26-44-46(42(32)29-38)41-15-6-7-16-43(41)48-44)37-24-25-40-35(28-37)20-19-33-18-17-31-11-4-5-14-39(31)45(33)40/h1-29H. The largest absolute Gasteiger partial charge is 0.310 e. The predicted molar refractivity (Wildman–Crippen MR) is 209 cm³/mol. The van der Waals surface area contributed by atoms with Crippen LogP contribution >= 0.6 is 11.3 Å². The van der Waals surface area contributed by atoms with Crippen LogP contribution in [0.25, 0.3) is 74.4 Å². The Morgan fingerprint density at radius 1 is 0.312 bits per heavy atom. The van der Waals surface area contributed by atoms with Gasteiger partial charge in [0.05, 0.1) is 0 Å². The lowest BCUT2D eigenvalue weighted by Gasteiger charge is -2.27. The molecular formula is C46H29NS. The molecule has 0 atom stereocenters. The van der Waals surface area contributed by atoms with Crippen molar-refractivity contribution in [1.29, 1.82) is 0 Å². The van der Waals surface area contributed by atoms with Gasteiger partial charge in [0.1, 0.15) is 0 Å². The second-order valence-electron chi connectivity index (χ2n) is 12.5. The van der Waals surface area contributed by atoms with Gasteiger partial charge in [-0.2, -0.15) is 0 Å². The Labute approximate surface area is 282 Å². The molecule has 224 valence electrons. The highest BCUT2D eigenvalue weighted by molar-refractivity contribution is 7.26. The molecule has 0 amide bonds. The number of thiophene rings is 1. The monoisotopic (exact) mass is 627 g/mol. The third kappa shape index (κ3) is 4.31. The summed E-state index contributed by atoms with van der Waals surface area (Å²) in [5.74, 6) is 0. The van der Waals surface area contributed by atoms with Gasteiger partial charge in [-0.3, -0.25) is 0 Å². The van der Waals surface area contributed by atoms with Gasteiger partial charge < -0.3 is 4.90 Å². The summed E-state index contributed by atoms with van der Waals surface area (Å²) in [6, 6.07) is 64.6. The van der Waals surface area contributed by atoms with Gasteiger partial charge in [0.2, 0.25) is 0 Å². The summed E-state index contributed by atoms with van der Waals surface area (Å²) in [6.07, 6.45) is 0. The van der Waals surface area contributed by atoms with Gasteiger partial charge in [0, 0.05) is 37.2 Å². The summed E-state index contributed by atoms with van der Waals surface area (Å²) in [5, 5.41) is 12.8. The van der Waals surface area contributed by atoms with Crippen LogP contribution in [0.3, 0.4) is 0 Å².